The van der Waals surface area contributed by atoms with Gasteiger partial charge in [-0.3, -0.25) is 0 Å². The average molecular weight is 329 g/mol. The van der Waals surface area contributed by atoms with Crippen LogP contribution in [0, 0.1) is 6.92 Å². The van der Waals surface area contributed by atoms with Crippen LogP contribution >= 0.6 is 23.2 Å². The van der Waals surface area contributed by atoms with Crippen LogP contribution in [0.1, 0.15) is 35.7 Å². The van der Waals surface area contributed by atoms with Crippen molar-refractivity contribution in [3.63, 3.8) is 0 Å². The highest BCUT2D eigenvalue weighted by molar-refractivity contribution is 6.55. The fraction of sp³-hybridized carbons (Fsp3) is 0.312. The van der Waals surface area contributed by atoms with E-state index in [1.807, 2.05) is 13.0 Å². The Balaban J connectivity index is 2.50. The van der Waals surface area contributed by atoms with Gasteiger partial charge in [0.25, 0.3) is 0 Å². The molecule has 1 aromatic carbocycles. The van der Waals surface area contributed by atoms with Gasteiger partial charge in [0.1, 0.15) is 16.8 Å². The minimum atomic E-state index is -0.930. The third-order valence-corrected chi connectivity index (χ3v) is 3.26. The Bertz CT molecular complexity index is 559. The van der Waals surface area contributed by atoms with Crippen LogP contribution in [0.15, 0.2) is 40.4 Å². The van der Waals surface area contributed by atoms with Crippen LogP contribution in [0.2, 0.25) is 0 Å². The number of allylic oxidation sites excluding steroid dienone is 2. The molecule has 1 N–H and O–H groups in total. The molecule has 0 saturated carbocycles. The summed E-state index contributed by atoms with van der Waals surface area (Å²) < 4.78 is 5.87. The summed E-state index contributed by atoms with van der Waals surface area (Å²) in [5.74, 6) is -0.272. The van der Waals surface area contributed by atoms with Crippen molar-refractivity contribution in [1.82, 2.24) is 0 Å². The molecule has 0 heterocycles. The fourth-order valence-electron chi connectivity index (χ4n) is 1.76. The lowest BCUT2D eigenvalue weighted by Gasteiger charge is -2.07. The van der Waals surface area contributed by atoms with Gasteiger partial charge in [-0.2, -0.15) is 0 Å². The van der Waals surface area contributed by atoms with E-state index in [0.717, 1.165) is 12.8 Å². The van der Waals surface area contributed by atoms with Crippen molar-refractivity contribution in [2.45, 2.75) is 26.7 Å². The van der Waals surface area contributed by atoms with Gasteiger partial charge in [-0.1, -0.05) is 34.9 Å². The van der Waals surface area contributed by atoms with Gasteiger partial charge in [-0.25, -0.2) is 4.79 Å². The van der Waals surface area contributed by atoms with Crippen molar-refractivity contribution in [1.29, 1.82) is 0 Å². The van der Waals surface area contributed by atoms with Crippen LogP contribution in [-0.4, -0.2) is 17.7 Å². The van der Waals surface area contributed by atoms with Gasteiger partial charge in [0.15, 0.2) is 0 Å². The van der Waals surface area contributed by atoms with Crippen LogP contribution in [-0.2, 0) is 0 Å². The lowest BCUT2D eigenvalue weighted by Crippen LogP contribution is -2.01. The molecule has 0 atom stereocenters. The van der Waals surface area contributed by atoms with Crippen LogP contribution < -0.4 is 4.74 Å². The molecule has 21 heavy (non-hydrogen) atoms. The summed E-state index contributed by atoms with van der Waals surface area (Å²) in [4.78, 5) is 10.9. The molecule has 0 saturated heterocycles. The van der Waals surface area contributed by atoms with E-state index in [2.05, 4.69) is 0 Å². The van der Waals surface area contributed by atoms with Gasteiger partial charge in [0, 0.05) is 0 Å². The molecular weight excluding hydrogens is 311 g/mol. The number of carboxylic acid groups (broad SMARTS) is 1. The Morgan fingerprint density at radius 3 is 2.62 bits per heavy atom. The van der Waals surface area contributed by atoms with E-state index in [4.69, 9.17) is 33.0 Å². The normalized spacial score (nSPS) is 11.1. The zero-order valence-electron chi connectivity index (χ0n) is 12.0. The first-order valence-corrected chi connectivity index (χ1v) is 7.29. The second-order valence-electron chi connectivity index (χ2n) is 4.68. The topological polar surface area (TPSA) is 46.5 Å². The number of ether oxygens (including phenoxy) is 1. The number of aromatic carboxylic acids is 1. The molecule has 0 aliphatic heterocycles. The number of hydrogen-bond donors (Lipinski definition) is 1. The van der Waals surface area contributed by atoms with Crippen molar-refractivity contribution in [2.75, 3.05) is 6.61 Å². The average Bonchev–Trinajstić information content (AvgIpc) is 2.37. The number of aryl methyl sites for hydroxylation is 1. The second kappa shape index (κ2) is 8.75. The van der Waals surface area contributed by atoms with E-state index in [9.17, 15) is 4.79 Å². The molecular formula is C16H18Cl2O3. The van der Waals surface area contributed by atoms with E-state index in [1.165, 1.54) is 5.57 Å². The molecule has 0 bridgehead atoms. The maximum absolute atomic E-state index is 10.9. The summed E-state index contributed by atoms with van der Waals surface area (Å²) >= 11 is 11.1. The summed E-state index contributed by atoms with van der Waals surface area (Å²) in [6.45, 7) is 4.20. The molecule has 0 aromatic heterocycles. The van der Waals surface area contributed by atoms with E-state index in [1.54, 1.807) is 31.2 Å². The van der Waals surface area contributed by atoms with Gasteiger partial charge in [0.05, 0.1) is 5.56 Å². The number of hydrogen-bond acceptors (Lipinski definition) is 2. The van der Waals surface area contributed by atoms with Gasteiger partial charge >= 0.3 is 5.97 Å². The Morgan fingerprint density at radius 1 is 1.33 bits per heavy atom. The molecule has 0 unspecified atom stereocenters. The van der Waals surface area contributed by atoms with Gasteiger partial charge in [-0.15, -0.1) is 0 Å². The molecule has 0 radical (unpaired) electrons. The first-order valence-electron chi connectivity index (χ1n) is 6.53. The monoisotopic (exact) mass is 328 g/mol. The molecule has 1 rings (SSSR count). The molecule has 114 valence electrons. The molecule has 0 amide bonds. The first kappa shape index (κ1) is 17.6. The second-order valence-corrected chi connectivity index (χ2v) is 5.68. The van der Waals surface area contributed by atoms with E-state index < -0.39 is 5.97 Å². The highest BCUT2D eigenvalue weighted by Gasteiger charge is 2.07. The van der Waals surface area contributed by atoms with Crippen LogP contribution in [0.25, 0.3) is 0 Å². The van der Waals surface area contributed by atoms with Gasteiger partial charge < -0.3 is 9.84 Å². The molecule has 0 aliphatic carbocycles. The van der Waals surface area contributed by atoms with Crippen LogP contribution in [0.5, 0.6) is 5.75 Å². The highest BCUT2D eigenvalue weighted by atomic mass is 35.5. The van der Waals surface area contributed by atoms with Gasteiger partial charge in [-0.05, 0) is 56.5 Å². The van der Waals surface area contributed by atoms with Crippen molar-refractivity contribution in [3.05, 3.63) is 51.5 Å². The zero-order chi connectivity index (χ0) is 15.8. The van der Waals surface area contributed by atoms with E-state index in [0.29, 0.717) is 23.5 Å². The molecule has 0 spiro atoms. The summed E-state index contributed by atoms with van der Waals surface area (Å²) in [5, 5.41) is 8.95. The number of benzene rings is 1. The van der Waals surface area contributed by atoms with Crippen LogP contribution in [0.3, 0.4) is 0 Å². The van der Waals surface area contributed by atoms with Crippen LogP contribution in [0.4, 0.5) is 0 Å². The maximum atomic E-state index is 10.9. The standard InChI is InChI=1S/C16H18Cl2O3/c1-11(4-3-5-15(17)18)8-9-21-13-6-7-14(16(19)20)12(2)10-13/h5-8,10H,3-4,9H2,1-2H3,(H,19,20). The maximum Gasteiger partial charge on any atom is 0.335 e. The Kier molecular flexibility index (Phi) is 7.34. The predicted octanol–water partition coefficient (Wildman–Crippen LogP) is 5.12. The van der Waals surface area contributed by atoms with E-state index >= 15 is 0 Å². The Morgan fingerprint density at radius 2 is 2.05 bits per heavy atom. The summed E-state index contributed by atoms with van der Waals surface area (Å²) in [5.41, 5.74) is 2.15. The molecule has 0 fully saturated rings. The third kappa shape index (κ3) is 6.69. The van der Waals surface area contributed by atoms with Crippen molar-refractivity contribution < 1.29 is 14.6 Å². The summed E-state index contributed by atoms with van der Waals surface area (Å²) in [7, 11) is 0. The Labute approximate surface area is 134 Å². The predicted molar refractivity (Wildman–Crippen MR) is 86.4 cm³/mol. The number of rotatable bonds is 7. The molecule has 5 heteroatoms. The smallest absolute Gasteiger partial charge is 0.335 e. The van der Waals surface area contributed by atoms with Gasteiger partial charge in [0.2, 0.25) is 0 Å². The number of carboxylic acids is 1. The third-order valence-electron chi connectivity index (χ3n) is 2.95. The number of carbonyl (C=O) groups is 1. The van der Waals surface area contributed by atoms with Crippen molar-refractivity contribution in [3.8, 4) is 5.75 Å². The number of halogens is 2. The SMILES string of the molecule is CC(=CCOc1ccc(C(=O)O)c(C)c1)CCC=C(Cl)Cl. The van der Waals surface area contributed by atoms with Crippen molar-refractivity contribution >= 4 is 29.2 Å². The lowest BCUT2D eigenvalue weighted by molar-refractivity contribution is 0.0696. The quantitative estimate of drug-likeness (QED) is 0.707. The fourth-order valence-corrected chi connectivity index (χ4v) is 1.98. The molecule has 1 aromatic rings. The summed E-state index contributed by atoms with van der Waals surface area (Å²) in [6, 6.07) is 4.94. The Hall–Kier alpha value is -1.45. The zero-order valence-corrected chi connectivity index (χ0v) is 13.5. The first-order chi connectivity index (χ1) is 9.90. The van der Waals surface area contributed by atoms with E-state index in [-0.39, 0.29) is 4.49 Å². The minimum absolute atomic E-state index is 0.285. The molecule has 0 aliphatic rings. The van der Waals surface area contributed by atoms with Crippen molar-refractivity contribution in [2.24, 2.45) is 0 Å². The largest absolute Gasteiger partial charge is 0.490 e. The highest BCUT2D eigenvalue weighted by Crippen LogP contribution is 2.18. The minimum Gasteiger partial charge on any atom is -0.490 e. The molecule has 3 nitrogen and oxygen atoms in total. The summed E-state index contributed by atoms with van der Waals surface area (Å²) in [6.07, 6.45) is 5.39. The lowest BCUT2D eigenvalue weighted by atomic mass is 10.1.